The Morgan fingerprint density at radius 2 is 1.57 bits per heavy atom. The highest BCUT2D eigenvalue weighted by Crippen LogP contribution is 2.15. The van der Waals surface area contributed by atoms with Gasteiger partial charge in [0.15, 0.2) is 6.61 Å². The number of non-ortho nitro benzene ring substituents is 1. The fourth-order valence-corrected chi connectivity index (χ4v) is 2.42. The second-order valence-corrected chi connectivity index (χ2v) is 6.65. The molecule has 0 saturated heterocycles. The van der Waals surface area contributed by atoms with E-state index in [4.69, 9.17) is 4.74 Å². The van der Waals surface area contributed by atoms with Gasteiger partial charge in [0.1, 0.15) is 6.04 Å². The Labute approximate surface area is 172 Å². The van der Waals surface area contributed by atoms with Gasteiger partial charge in [-0.2, -0.15) is 0 Å². The van der Waals surface area contributed by atoms with Gasteiger partial charge < -0.3 is 20.7 Å². The highest BCUT2D eigenvalue weighted by atomic mass is 16.6. The highest BCUT2D eigenvalue weighted by Gasteiger charge is 2.26. The van der Waals surface area contributed by atoms with E-state index in [2.05, 4.69) is 16.0 Å². The third-order valence-corrected chi connectivity index (χ3v) is 3.95. The summed E-state index contributed by atoms with van der Waals surface area (Å²) < 4.78 is 5.01. The molecule has 0 heterocycles. The van der Waals surface area contributed by atoms with Crippen molar-refractivity contribution >= 4 is 35.0 Å². The molecule has 10 heteroatoms. The third kappa shape index (κ3) is 6.89. The molecule has 2 aromatic carbocycles. The van der Waals surface area contributed by atoms with E-state index in [9.17, 15) is 24.5 Å². The van der Waals surface area contributed by atoms with E-state index >= 15 is 0 Å². The van der Waals surface area contributed by atoms with Gasteiger partial charge in [0.25, 0.3) is 11.6 Å². The summed E-state index contributed by atoms with van der Waals surface area (Å²) in [5.74, 6) is -1.66. The van der Waals surface area contributed by atoms with Crippen LogP contribution >= 0.6 is 0 Å². The number of nitrogens with one attached hydrogen (secondary N) is 3. The average Bonchev–Trinajstić information content (AvgIpc) is 2.71. The first-order valence-electron chi connectivity index (χ1n) is 9.09. The van der Waals surface area contributed by atoms with Crippen LogP contribution in [0.5, 0.6) is 0 Å². The summed E-state index contributed by atoms with van der Waals surface area (Å²) in [6, 6.07) is 12.4. The van der Waals surface area contributed by atoms with Crippen molar-refractivity contribution in [3.63, 3.8) is 0 Å². The van der Waals surface area contributed by atoms with Crippen LogP contribution in [0.3, 0.4) is 0 Å². The van der Waals surface area contributed by atoms with E-state index in [0.717, 1.165) is 0 Å². The van der Waals surface area contributed by atoms with Crippen LogP contribution in [0.1, 0.15) is 13.8 Å². The van der Waals surface area contributed by atoms with Crippen molar-refractivity contribution in [1.29, 1.82) is 0 Å². The quantitative estimate of drug-likeness (QED) is 0.345. The zero-order valence-corrected chi connectivity index (χ0v) is 16.5. The normalized spacial score (nSPS) is 11.3. The lowest BCUT2D eigenvalue weighted by atomic mass is 10.1. The van der Waals surface area contributed by atoms with Crippen molar-refractivity contribution < 1.29 is 24.0 Å². The molecule has 0 aliphatic heterocycles. The van der Waals surface area contributed by atoms with Crippen LogP contribution in [0.2, 0.25) is 0 Å². The van der Waals surface area contributed by atoms with Crippen LogP contribution in [0.15, 0.2) is 54.6 Å². The number of anilines is 2. The number of carbonyl (C=O) groups is 3. The molecule has 0 aliphatic rings. The smallest absolute Gasteiger partial charge is 0.329 e. The summed E-state index contributed by atoms with van der Waals surface area (Å²) in [6.07, 6.45) is 0. The van der Waals surface area contributed by atoms with Gasteiger partial charge >= 0.3 is 12.0 Å². The summed E-state index contributed by atoms with van der Waals surface area (Å²) >= 11 is 0. The van der Waals surface area contributed by atoms with Gasteiger partial charge in [-0.1, -0.05) is 32.0 Å². The Bertz CT molecular complexity index is 899. The topological polar surface area (TPSA) is 140 Å². The molecular formula is C20H22N4O6. The van der Waals surface area contributed by atoms with Crippen molar-refractivity contribution in [2.75, 3.05) is 17.2 Å². The first kappa shape index (κ1) is 22.3. The molecule has 0 radical (unpaired) electrons. The molecule has 0 unspecified atom stereocenters. The Morgan fingerprint density at radius 3 is 2.13 bits per heavy atom. The van der Waals surface area contributed by atoms with Gasteiger partial charge in [0, 0.05) is 23.5 Å². The molecule has 30 heavy (non-hydrogen) atoms. The molecule has 2 rings (SSSR count). The number of hydrogen-bond donors (Lipinski definition) is 3. The number of urea groups is 1. The number of esters is 1. The Morgan fingerprint density at radius 1 is 0.967 bits per heavy atom. The summed E-state index contributed by atoms with van der Waals surface area (Å²) in [7, 11) is 0. The second kappa shape index (κ2) is 10.6. The minimum absolute atomic E-state index is 0.112. The van der Waals surface area contributed by atoms with Crippen LogP contribution in [0, 0.1) is 16.0 Å². The number of nitrogens with zero attached hydrogens (tertiary/aromatic N) is 1. The molecule has 0 spiro atoms. The number of benzene rings is 2. The van der Waals surface area contributed by atoms with E-state index in [0.29, 0.717) is 11.4 Å². The average molecular weight is 414 g/mol. The maximum absolute atomic E-state index is 12.3. The van der Waals surface area contributed by atoms with Crippen molar-refractivity contribution in [2.45, 2.75) is 19.9 Å². The number of amides is 3. The van der Waals surface area contributed by atoms with Crippen LogP contribution in [0.25, 0.3) is 0 Å². The molecular weight excluding hydrogens is 392 g/mol. The number of para-hydroxylation sites is 1. The first-order chi connectivity index (χ1) is 14.3. The van der Waals surface area contributed by atoms with Crippen molar-refractivity contribution in [3.8, 4) is 0 Å². The standard InChI is InChI=1S/C20H22N4O6/c1-13(2)18(23-20(27)22-14-6-4-3-5-7-14)19(26)30-12-17(25)21-15-8-10-16(11-9-15)24(28)29/h3-11,13,18H,12H2,1-2H3,(H,21,25)(H2,22,23,27)/t18-/m1/s1. The number of nitro benzene ring substituents is 1. The third-order valence-electron chi connectivity index (χ3n) is 3.95. The summed E-state index contributed by atoms with van der Waals surface area (Å²) in [5, 5.41) is 18.2. The van der Waals surface area contributed by atoms with E-state index in [1.165, 1.54) is 24.3 Å². The lowest BCUT2D eigenvalue weighted by Gasteiger charge is -2.21. The Kier molecular flexibility index (Phi) is 7.86. The van der Waals surface area contributed by atoms with E-state index in [-0.39, 0.29) is 11.6 Å². The maximum atomic E-state index is 12.3. The van der Waals surface area contributed by atoms with Crippen LogP contribution < -0.4 is 16.0 Å². The Hall–Kier alpha value is -3.95. The molecule has 0 saturated carbocycles. The van der Waals surface area contributed by atoms with Gasteiger partial charge in [-0.15, -0.1) is 0 Å². The lowest BCUT2D eigenvalue weighted by Crippen LogP contribution is -2.47. The fraction of sp³-hybridized carbons (Fsp3) is 0.250. The summed E-state index contributed by atoms with van der Waals surface area (Å²) in [6.45, 7) is 2.89. The Balaban J connectivity index is 1.85. The molecule has 0 aromatic heterocycles. The van der Waals surface area contributed by atoms with Crippen LogP contribution in [-0.2, 0) is 14.3 Å². The lowest BCUT2D eigenvalue weighted by molar-refractivity contribution is -0.384. The van der Waals surface area contributed by atoms with E-state index in [1.807, 2.05) is 0 Å². The molecule has 0 aliphatic carbocycles. The first-order valence-corrected chi connectivity index (χ1v) is 9.09. The number of hydrogen-bond acceptors (Lipinski definition) is 6. The van der Waals surface area contributed by atoms with Crippen molar-refractivity contribution in [2.24, 2.45) is 5.92 Å². The molecule has 158 valence electrons. The maximum Gasteiger partial charge on any atom is 0.329 e. The molecule has 3 N–H and O–H groups in total. The number of ether oxygens (including phenoxy) is 1. The molecule has 10 nitrogen and oxygen atoms in total. The minimum atomic E-state index is -0.958. The number of carbonyl (C=O) groups excluding carboxylic acids is 3. The molecule has 3 amide bonds. The van der Waals surface area contributed by atoms with Gasteiger partial charge in [0.2, 0.25) is 0 Å². The number of rotatable bonds is 8. The zero-order valence-electron chi connectivity index (χ0n) is 16.5. The predicted octanol–water partition coefficient (Wildman–Crippen LogP) is 2.92. The second-order valence-electron chi connectivity index (χ2n) is 6.65. The van der Waals surface area contributed by atoms with Crippen LogP contribution in [-0.4, -0.2) is 35.5 Å². The summed E-state index contributed by atoms with van der Waals surface area (Å²) in [5.41, 5.74) is 0.773. The van der Waals surface area contributed by atoms with Gasteiger partial charge in [-0.25, -0.2) is 9.59 Å². The van der Waals surface area contributed by atoms with E-state index in [1.54, 1.807) is 44.2 Å². The molecule has 0 fully saturated rings. The molecule has 1 atom stereocenters. The van der Waals surface area contributed by atoms with E-state index < -0.39 is 35.5 Å². The molecule has 2 aromatic rings. The highest BCUT2D eigenvalue weighted by molar-refractivity contribution is 5.95. The SMILES string of the molecule is CC(C)[C@@H](NC(=O)Nc1ccccc1)C(=O)OCC(=O)Nc1ccc([N+](=O)[O-])cc1. The molecule has 0 bridgehead atoms. The van der Waals surface area contributed by atoms with Gasteiger partial charge in [0.05, 0.1) is 4.92 Å². The largest absolute Gasteiger partial charge is 0.454 e. The van der Waals surface area contributed by atoms with Crippen molar-refractivity contribution in [1.82, 2.24) is 5.32 Å². The van der Waals surface area contributed by atoms with Crippen molar-refractivity contribution in [3.05, 3.63) is 64.7 Å². The number of nitro groups is 1. The zero-order chi connectivity index (χ0) is 22.1. The minimum Gasteiger partial charge on any atom is -0.454 e. The summed E-state index contributed by atoms with van der Waals surface area (Å²) in [4.78, 5) is 46.5. The van der Waals surface area contributed by atoms with Crippen LogP contribution in [0.4, 0.5) is 21.9 Å². The predicted molar refractivity (Wildman–Crippen MR) is 110 cm³/mol. The monoisotopic (exact) mass is 414 g/mol. The van der Waals surface area contributed by atoms with Gasteiger partial charge in [-0.3, -0.25) is 14.9 Å². The fourth-order valence-electron chi connectivity index (χ4n) is 2.42. The van der Waals surface area contributed by atoms with Gasteiger partial charge in [-0.05, 0) is 30.2 Å².